The molecular weight excluding hydrogens is 354 g/mol. The Labute approximate surface area is 147 Å². The SMILES string of the molecule is CC1(C(=O)NCC2CCN(CC(F)(F)F)C2)CCCCN1.Cl.Cl. The van der Waals surface area contributed by atoms with Crippen LogP contribution in [0.4, 0.5) is 13.2 Å². The summed E-state index contributed by atoms with van der Waals surface area (Å²) in [6.45, 7) is 3.21. The van der Waals surface area contributed by atoms with E-state index < -0.39 is 18.3 Å². The van der Waals surface area contributed by atoms with E-state index in [9.17, 15) is 18.0 Å². The fourth-order valence-corrected chi connectivity index (χ4v) is 3.16. The number of nitrogens with zero attached hydrogens (tertiary/aromatic N) is 1. The number of amides is 1. The van der Waals surface area contributed by atoms with Crippen molar-refractivity contribution in [2.45, 2.75) is 44.3 Å². The highest BCUT2D eigenvalue weighted by Gasteiger charge is 2.36. The Kier molecular flexibility index (Phi) is 9.20. The maximum absolute atomic E-state index is 12.3. The van der Waals surface area contributed by atoms with Gasteiger partial charge in [-0.1, -0.05) is 0 Å². The van der Waals surface area contributed by atoms with Crippen LogP contribution in [0.25, 0.3) is 0 Å². The second-order valence-corrected chi connectivity index (χ2v) is 6.43. The first-order chi connectivity index (χ1) is 9.78. The summed E-state index contributed by atoms with van der Waals surface area (Å²) in [4.78, 5) is 13.6. The molecule has 2 atom stereocenters. The Hall–Kier alpha value is -0.240. The molecule has 138 valence electrons. The number of nitrogens with one attached hydrogen (secondary N) is 2. The lowest BCUT2D eigenvalue weighted by Crippen LogP contribution is -2.57. The van der Waals surface area contributed by atoms with Gasteiger partial charge in [0.2, 0.25) is 5.91 Å². The van der Waals surface area contributed by atoms with E-state index in [1.165, 1.54) is 4.90 Å². The number of piperidine rings is 1. The summed E-state index contributed by atoms with van der Waals surface area (Å²) in [5.74, 6) is 0.0833. The van der Waals surface area contributed by atoms with Gasteiger partial charge in [-0.25, -0.2) is 0 Å². The molecule has 2 aliphatic heterocycles. The molecule has 2 unspecified atom stereocenters. The predicted molar refractivity (Wildman–Crippen MR) is 88.4 cm³/mol. The molecule has 4 nitrogen and oxygen atoms in total. The lowest BCUT2D eigenvalue weighted by molar-refractivity contribution is -0.143. The van der Waals surface area contributed by atoms with E-state index >= 15 is 0 Å². The predicted octanol–water partition coefficient (Wildman–Crippen LogP) is 2.36. The van der Waals surface area contributed by atoms with Gasteiger partial charge < -0.3 is 10.6 Å². The van der Waals surface area contributed by atoms with Crippen molar-refractivity contribution in [1.82, 2.24) is 15.5 Å². The molecule has 0 bridgehead atoms. The van der Waals surface area contributed by atoms with Crippen LogP contribution < -0.4 is 10.6 Å². The van der Waals surface area contributed by atoms with Gasteiger partial charge in [0.15, 0.2) is 0 Å². The molecule has 0 aliphatic carbocycles. The van der Waals surface area contributed by atoms with Crippen LogP contribution in [-0.4, -0.2) is 55.2 Å². The first-order valence-electron chi connectivity index (χ1n) is 7.61. The zero-order chi connectivity index (χ0) is 15.5. The largest absolute Gasteiger partial charge is 0.401 e. The van der Waals surface area contributed by atoms with Crippen LogP contribution >= 0.6 is 24.8 Å². The Balaban J connectivity index is 0.00000242. The van der Waals surface area contributed by atoms with E-state index in [1.54, 1.807) is 0 Å². The number of hydrogen-bond donors (Lipinski definition) is 2. The first-order valence-corrected chi connectivity index (χ1v) is 7.61. The lowest BCUT2D eigenvalue weighted by atomic mass is 9.90. The van der Waals surface area contributed by atoms with E-state index in [0.717, 1.165) is 25.8 Å². The third kappa shape index (κ3) is 7.03. The molecule has 2 N–H and O–H groups in total. The summed E-state index contributed by atoms with van der Waals surface area (Å²) < 4.78 is 37.0. The average Bonchev–Trinajstić information content (AvgIpc) is 2.82. The summed E-state index contributed by atoms with van der Waals surface area (Å²) >= 11 is 0. The maximum atomic E-state index is 12.3. The van der Waals surface area contributed by atoms with Gasteiger partial charge in [-0.15, -0.1) is 24.8 Å². The molecule has 2 heterocycles. The van der Waals surface area contributed by atoms with Crippen molar-refractivity contribution in [3.8, 4) is 0 Å². The number of hydrogen-bond acceptors (Lipinski definition) is 3. The molecule has 2 fully saturated rings. The van der Waals surface area contributed by atoms with Crippen molar-refractivity contribution in [2.24, 2.45) is 5.92 Å². The number of likely N-dealkylation sites (tertiary alicyclic amines) is 1. The number of carbonyl (C=O) groups excluding carboxylic acids is 1. The highest BCUT2D eigenvalue weighted by molar-refractivity contribution is 5.86. The molecule has 2 saturated heterocycles. The van der Waals surface area contributed by atoms with Crippen LogP contribution in [-0.2, 0) is 4.79 Å². The molecule has 0 spiro atoms. The van der Waals surface area contributed by atoms with Gasteiger partial charge in [0.05, 0.1) is 12.1 Å². The van der Waals surface area contributed by atoms with Gasteiger partial charge >= 0.3 is 6.18 Å². The molecule has 9 heteroatoms. The fourth-order valence-electron chi connectivity index (χ4n) is 3.16. The van der Waals surface area contributed by atoms with Crippen LogP contribution in [0.3, 0.4) is 0 Å². The van der Waals surface area contributed by atoms with Crippen molar-refractivity contribution in [3.63, 3.8) is 0 Å². The minimum atomic E-state index is -4.14. The highest BCUT2D eigenvalue weighted by atomic mass is 35.5. The van der Waals surface area contributed by atoms with Crippen molar-refractivity contribution < 1.29 is 18.0 Å². The van der Waals surface area contributed by atoms with Gasteiger partial charge in [0.25, 0.3) is 0 Å². The average molecular weight is 380 g/mol. The number of alkyl halides is 3. The minimum absolute atomic E-state index is 0. The van der Waals surface area contributed by atoms with Crippen molar-refractivity contribution in [3.05, 3.63) is 0 Å². The number of rotatable bonds is 4. The van der Waals surface area contributed by atoms with E-state index in [1.807, 2.05) is 6.92 Å². The van der Waals surface area contributed by atoms with Crippen molar-refractivity contribution in [2.75, 3.05) is 32.7 Å². The molecular formula is C14H26Cl2F3N3O. The Morgan fingerprint density at radius 3 is 2.61 bits per heavy atom. The summed E-state index contributed by atoms with van der Waals surface area (Å²) in [7, 11) is 0. The summed E-state index contributed by atoms with van der Waals surface area (Å²) in [6.07, 6.45) is -0.514. The van der Waals surface area contributed by atoms with Crippen LogP contribution in [0.15, 0.2) is 0 Å². The standard InChI is InChI=1S/C14H24F3N3O.2ClH/c1-13(5-2-3-6-19-13)12(21)18-8-11-4-7-20(9-11)10-14(15,16)17;;/h11,19H,2-10H2,1H3,(H,18,21);2*1H. The van der Waals surface area contributed by atoms with E-state index in [2.05, 4.69) is 10.6 Å². The van der Waals surface area contributed by atoms with Crippen LogP contribution in [0, 0.1) is 5.92 Å². The lowest BCUT2D eigenvalue weighted by Gasteiger charge is -2.33. The molecule has 0 saturated carbocycles. The van der Waals surface area contributed by atoms with Gasteiger partial charge in [0.1, 0.15) is 0 Å². The van der Waals surface area contributed by atoms with Crippen molar-refractivity contribution in [1.29, 1.82) is 0 Å². The second-order valence-electron chi connectivity index (χ2n) is 6.43. The first kappa shape index (κ1) is 22.8. The molecule has 0 aromatic rings. The van der Waals surface area contributed by atoms with Crippen LogP contribution in [0.5, 0.6) is 0 Å². The quantitative estimate of drug-likeness (QED) is 0.787. The fraction of sp³-hybridized carbons (Fsp3) is 0.929. The molecule has 2 aliphatic rings. The van der Waals surface area contributed by atoms with Gasteiger partial charge in [-0.2, -0.15) is 13.2 Å². The van der Waals surface area contributed by atoms with Gasteiger partial charge in [-0.3, -0.25) is 9.69 Å². The third-order valence-electron chi connectivity index (χ3n) is 4.44. The van der Waals surface area contributed by atoms with E-state index in [-0.39, 0.29) is 36.6 Å². The van der Waals surface area contributed by atoms with Gasteiger partial charge in [-0.05, 0) is 51.6 Å². The number of carbonyl (C=O) groups is 1. The zero-order valence-electron chi connectivity index (χ0n) is 13.2. The monoisotopic (exact) mass is 379 g/mol. The Morgan fingerprint density at radius 1 is 1.35 bits per heavy atom. The van der Waals surface area contributed by atoms with Gasteiger partial charge in [0, 0.05) is 13.1 Å². The molecule has 0 aromatic carbocycles. The summed E-state index contributed by atoms with van der Waals surface area (Å²) in [5.41, 5.74) is -0.525. The molecule has 23 heavy (non-hydrogen) atoms. The normalized spacial score (nSPS) is 28.6. The molecule has 0 radical (unpaired) electrons. The number of halogens is 5. The molecule has 1 amide bonds. The molecule has 2 rings (SSSR count). The Bertz CT molecular complexity index is 377. The van der Waals surface area contributed by atoms with Crippen molar-refractivity contribution >= 4 is 30.7 Å². The smallest absolute Gasteiger partial charge is 0.354 e. The zero-order valence-corrected chi connectivity index (χ0v) is 14.9. The topological polar surface area (TPSA) is 44.4 Å². The third-order valence-corrected chi connectivity index (χ3v) is 4.44. The van der Waals surface area contributed by atoms with Crippen LogP contribution in [0.2, 0.25) is 0 Å². The maximum Gasteiger partial charge on any atom is 0.401 e. The highest BCUT2D eigenvalue weighted by Crippen LogP contribution is 2.23. The van der Waals surface area contributed by atoms with Crippen LogP contribution in [0.1, 0.15) is 32.6 Å². The summed E-state index contributed by atoms with van der Waals surface area (Å²) in [6, 6.07) is 0. The second kappa shape index (κ2) is 9.30. The summed E-state index contributed by atoms with van der Waals surface area (Å²) in [5, 5.41) is 6.15. The Morgan fingerprint density at radius 2 is 2.04 bits per heavy atom. The van der Waals surface area contributed by atoms with E-state index in [0.29, 0.717) is 26.1 Å². The molecule has 0 aromatic heterocycles. The minimum Gasteiger partial charge on any atom is -0.354 e. The van der Waals surface area contributed by atoms with E-state index in [4.69, 9.17) is 0 Å².